The zero-order chi connectivity index (χ0) is 20.7. The first kappa shape index (κ1) is 18.8. The molecule has 0 spiro atoms. The van der Waals surface area contributed by atoms with Crippen molar-refractivity contribution in [3.8, 4) is 5.69 Å². The molecule has 1 N–H and O–H groups in total. The van der Waals surface area contributed by atoms with Crippen molar-refractivity contribution in [3.05, 3.63) is 53.3 Å². The van der Waals surface area contributed by atoms with Gasteiger partial charge in [-0.2, -0.15) is 0 Å². The molecule has 2 aliphatic heterocycles. The summed E-state index contributed by atoms with van der Waals surface area (Å²) < 4.78 is 1.93. The van der Waals surface area contributed by atoms with Gasteiger partial charge in [0.15, 0.2) is 5.65 Å². The first-order valence-electron chi connectivity index (χ1n) is 9.70. The number of aromatic nitrogens is 3. The number of anilines is 1. The van der Waals surface area contributed by atoms with Crippen LogP contribution < -0.4 is 10.2 Å². The summed E-state index contributed by atoms with van der Waals surface area (Å²) in [7, 11) is 2.15. The van der Waals surface area contributed by atoms with Gasteiger partial charge in [0.25, 0.3) is 11.1 Å². The number of pyridine rings is 1. The lowest BCUT2D eigenvalue weighted by atomic mass is 10.2. The van der Waals surface area contributed by atoms with Crippen LogP contribution in [0, 0.1) is 0 Å². The topological polar surface area (TPSA) is 83.4 Å². The molecule has 0 radical (unpaired) electrons. The van der Waals surface area contributed by atoms with Crippen LogP contribution in [-0.4, -0.2) is 63.8 Å². The number of fused-ring (bicyclic) bond motifs is 1. The fourth-order valence-electron chi connectivity index (χ4n) is 3.62. The van der Waals surface area contributed by atoms with Crippen LogP contribution in [0.25, 0.3) is 22.9 Å². The van der Waals surface area contributed by atoms with E-state index in [4.69, 9.17) is 0 Å². The van der Waals surface area contributed by atoms with Crippen LogP contribution in [-0.2, 0) is 4.79 Å². The molecule has 5 rings (SSSR count). The van der Waals surface area contributed by atoms with Gasteiger partial charge in [-0.15, -0.1) is 0 Å². The first-order chi connectivity index (χ1) is 14.6. The minimum Gasteiger partial charge on any atom is -0.369 e. The zero-order valence-electron chi connectivity index (χ0n) is 16.4. The summed E-state index contributed by atoms with van der Waals surface area (Å²) in [5, 5.41) is 1.89. The van der Waals surface area contributed by atoms with Gasteiger partial charge in [0.1, 0.15) is 11.8 Å². The molecular weight excluding hydrogens is 400 g/mol. The molecule has 0 atom stereocenters. The Balaban J connectivity index is 1.44. The van der Waals surface area contributed by atoms with E-state index in [2.05, 4.69) is 56.4 Å². The molecule has 152 valence electrons. The van der Waals surface area contributed by atoms with E-state index in [1.165, 1.54) is 5.69 Å². The van der Waals surface area contributed by atoms with Gasteiger partial charge in [-0.05, 0) is 61.3 Å². The van der Waals surface area contributed by atoms with Crippen molar-refractivity contribution in [2.24, 2.45) is 0 Å². The number of amides is 2. The van der Waals surface area contributed by atoms with Crippen molar-refractivity contribution in [2.75, 3.05) is 38.1 Å². The summed E-state index contributed by atoms with van der Waals surface area (Å²) in [6.45, 7) is 4.19. The van der Waals surface area contributed by atoms with Crippen molar-refractivity contribution < 1.29 is 9.59 Å². The van der Waals surface area contributed by atoms with Crippen LogP contribution in [0.1, 0.15) is 5.69 Å². The van der Waals surface area contributed by atoms with Gasteiger partial charge in [-0.3, -0.25) is 19.5 Å². The van der Waals surface area contributed by atoms with E-state index in [9.17, 15) is 9.59 Å². The molecule has 2 aromatic heterocycles. The SMILES string of the molecule is CN1CCN(c2ccc(-n3cnc4ccc(C=C5SC(=O)NC5=O)nc43)cc2)CC1. The van der Waals surface area contributed by atoms with E-state index in [-0.39, 0.29) is 11.1 Å². The van der Waals surface area contributed by atoms with Gasteiger partial charge in [0, 0.05) is 37.6 Å². The van der Waals surface area contributed by atoms with E-state index in [0.29, 0.717) is 16.2 Å². The molecule has 8 nitrogen and oxygen atoms in total. The highest BCUT2D eigenvalue weighted by atomic mass is 32.2. The summed E-state index contributed by atoms with van der Waals surface area (Å²) in [6, 6.07) is 12.1. The molecule has 0 unspecified atom stereocenters. The maximum atomic E-state index is 11.8. The molecule has 0 aliphatic carbocycles. The van der Waals surface area contributed by atoms with Gasteiger partial charge in [0.05, 0.1) is 10.6 Å². The highest BCUT2D eigenvalue weighted by molar-refractivity contribution is 8.18. The molecule has 30 heavy (non-hydrogen) atoms. The number of rotatable bonds is 3. The van der Waals surface area contributed by atoms with Crippen LogP contribution >= 0.6 is 11.8 Å². The predicted octanol–water partition coefficient (Wildman–Crippen LogP) is 2.50. The number of carbonyl (C=O) groups is 2. The number of likely N-dealkylation sites (N-methyl/N-ethyl adjacent to an activating group) is 1. The minimum atomic E-state index is -0.389. The number of nitrogens with zero attached hydrogens (tertiary/aromatic N) is 5. The third-order valence-corrected chi connectivity index (χ3v) is 6.14. The van der Waals surface area contributed by atoms with Crippen molar-refractivity contribution >= 4 is 45.8 Å². The Morgan fingerprint density at radius 2 is 1.73 bits per heavy atom. The smallest absolute Gasteiger partial charge is 0.290 e. The second-order valence-electron chi connectivity index (χ2n) is 7.35. The lowest BCUT2D eigenvalue weighted by Gasteiger charge is -2.34. The highest BCUT2D eigenvalue weighted by Crippen LogP contribution is 2.26. The molecule has 0 saturated carbocycles. The third kappa shape index (κ3) is 3.57. The molecule has 1 aromatic carbocycles. The van der Waals surface area contributed by atoms with E-state index < -0.39 is 0 Å². The number of imidazole rings is 1. The van der Waals surface area contributed by atoms with Crippen molar-refractivity contribution in [1.29, 1.82) is 0 Å². The Hall–Kier alpha value is -3.17. The Kier molecular flexibility index (Phi) is 4.76. The van der Waals surface area contributed by atoms with Gasteiger partial charge >= 0.3 is 0 Å². The molecule has 3 aromatic rings. The van der Waals surface area contributed by atoms with E-state index in [1.54, 1.807) is 18.5 Å². The van der Waals surface area contributed by atoms with Gasteiger partial charge in [-0.25, -0.2) is 9.97 Å². The van der Waals surface area contributed by atoms with Gasteiger partial charge < -0.3 is 9.80 Å². The number of hydrogen-bond donors (Lipinski definition) is 1. The Labute approximate surface area is 177 Å². The second kappa shape index (κ2) is 7.58. The van der Waals surface area contributed by atoms with Crippen LogP contribution in [0.2, 0.25) is 0 Å². The first-order valence-corrected chi connectivity index (χ1v) is 10.5. The van der Waals surface area contributed by atoms with Crippen molar-refractivity contribution in [2.45, 2.75) is 0 Å². The summed E-state index contributed by atoms with van der Waals surface area (Å²) in [5.74, 6) is -0.389. The number of carbonyl (C=O) groups excluding carboxylic acids is 2. The fourth-order valence-corrected chi connectivity index (χ4v) is 4.29. The highest BCUT2D eigenvalue weighted by Gasteiger charge is 2.25. The predicted molar refractivity (Wildman–Crippen MR) is 118 cm³/mol. The normalized spacial score (nSPS) is 19.1. The molecule has 2 saturated heterocycles. The summed E-state index contributed by atoms with van der Waals surface area (Å²) in [6.07, 6.45) is 3.37. The monoisotopic (exact) mass is 420 g/mol. The van der Waals surface area contributed by atoms with E-state index in [0.717, 1.165) is 49.1 Å². The van der Waals surface area contributed by atoms with Crippen LogP contribution in [0.15, 0.2) is 47.6 Å². The Morgan fingerprint density at radius 1 is 1.00 bits per heavy atom. The lowest BCUT2D eigenvalue weighted by Crippen LogP contribution is -2.44. The quantitative estimate of drug-likeness (QED) is 0.652. The number of hydrogen-bond acceptors (Lipinski definition) is 7. The van der Waals surface area contributed by atoms with Crippen LogP contribution in [0.5, 0.6) is 0 Å². The standard InChI is InChI=1S/C21H20N6O2S/c1-25-8-10-26(11-9-25)15-3-5-16(6-4-15)27-13-22-17-7-2-14(23-19(17)27)12-18-20(28)24-21(29)30-18/h2-7,12-13H,8-11H2,1H3,(H,24,28,29). The molecule has 0 bridgehead atoms. The molecule has 2 aliphatic rings. The largest absolute Gasteiger partial charge is 0.369 e. The van der Waals surface area contributed by atoms with E-state index in [1.807, 2.05) is 10.6 Å². The second-order valence-corrected chi connectivity index (χ2v) is 8.37. The molecule has 4 heterocycles. The molecular formula is C21H20N6O2S. The molecule has 2 amide bonds. The Bertz CT molecular complexity index is 1160. The number of nitrogens with one attached hydrogen (secondary N) is 1. The number of imide groups is 1. The fraction of sp³-hybridized carbons (Fsp3) is 0.238. The van der Waals surface area contributed by atoms with Crippen LogP contribution in [0.3, 0.4) is 0 Å². The summed E-state index contributed by atoms with van der Waals surface area (Å²) in [5.41, 5.74) is 4.25. The minimum absolute atomic E-state index is 0.342. The summed E-state index contributed by atoms with van der Waals surface area (Å²) >= 11 is 0.883. The van der Waals surface area contributed by atoms with Crippen molar-refractivity contribution in [1.82, 2.24) is 24.8 Å². The maximum Gasteiger partial charge on any atom is 0.290 e. The average molecular weight is 420 g/mol. The molecule has 2 fully saturated rings. The number of thioether (sulfide) groups is 1. The molecule has 9 heteroatoms. The average Bonchev–Trinajstić information content (AvgIpc) is 3.31. The zero-order valence-corrected chi connectivity index (χ0v) is 17.2. The Morgan fingerprint density at radius 3 is 2.43 bits per heavy atom. The lowest BCUT2D eigenvalue weighted by molar-refractivity contribution is -0.115. The van der Waals surface area contributed by atoms with Crippen molar-refractivity contribution in [3.63, 3.8) is 0 Å². The maximum absolute atomic E-state index is 11.8. The van der Waals surface area contributed by atoms with Gasteiger partial charge in [-0.1, -0.05) is 0 Å². The van der Waals surface area contributed by atoms with Gasteiger partial charge in [0.2, 0.25) is 0 Å². The van der Waals surface area contributed by atoms with E-state index >= 15 is 0 Å². The number of benzene rings is 1. The van der Waals surface area contributed by atoms with Crippen LogP contribution in [0.4, 0.5) is 10.5 Å². The summed E-state index contributed by atoms with van der Waals surface area (Å²) in [4.78, 5) is 37.3. The third-order valence-electron chi connectivity index (χ3n) is 5.33. The number of piperazine rings is 1.